The fourth-order valence-electron chi connectivity index (χ4n) is 5.61. The molecule has 0 atom stereocenters. The van der Waals surface area contributed by atoms with Crippen LogP contribution in [0.3, 0.4) is 0 Å². The van der Waals surface area contributed by atoms with Crippen LogP contribution in [0.5, 0.6) is 11.6 Å². The molecular formula is C36H45ClF2N10O. The average Bonchev–Trinajstić information content (AvgIpc) is 3.68. The van der Waals surface area contributed by atoms with E-state index < -0.39 is 5.82 Å². The van der Waals surface area contributed by atoms with Gasteiger partial charge < -0.3 is 40.0 Å². The Balaban J connectivity index is 0.000000248. The molecule has 0 radical (unpaired) electrons. The second kappa shape index (κ2) is 17.4. The number of aromatic nitrogens is 5. The van der Waals surface area contributed by atoms with E-state index in [1.807, 2.05) is 32.2 Å². The molecule has 11 nitrogen and oxygen atoms in total. The van der Waals surface area contributed by atoms with Gasteiger partial charge in [-0.1, -0.05) is 25.1 Å². The molecule has 1 aromatic carbocycles. The topological polar surface area (TPSA) is 113 Å². The van der Waals surface area contributed by atoms with Crippen molar-refractivity contribution in [2.24, 2.45) is 0 Å². The normalized spacial score (nSPS) is 15.7. The van der Waals surface area contributed by atoms with Gasteiger partial charge in [0.05, 0.1) is 18.2 Å². The highest BCUT2D eigenvalue weighted by atomic mass is 35.5. The summed E-state index contributed by atoms with van der Waals surface area (Å²) in [5.41, 5.74) is 3.56. The number of likely N-dealkylation sites (N-methyl/N-ethyl adjacent to an activating group) is 2. The number of pyridine rings is 1. The fraction of sp³-hybridized carbons (Fsp3) is 0.361. The molecule has 2 fully saturated rings. The first kappa shape index (κ1) is 36.7. The maximum absolute atomic E-state index is 14.9. The van der Waals surface area contributed by atoms with Gasteiger partial charge in [0.15, 0.2) is 17.4 Å². The molecule has 0 bridgehead atoms. The summed E-state index contributed by atoms with van der Waals surface area (Å²) in [6.45, 7) is 19.4. The highest BCUT2D eigenvalue weighted by Gasteiger charge is 2.18. The minimum absolute atomic E-state index is 0.0312. The Morgan fingerprint density at radius 3 is 2.30 bits per heavy atom. The number of fused-ring (bicyclic) bond motifs is 1. The van der Waals surface area contributed by atoms with Crippen LogP contribution in [0.15, 0.2) is 48.9 Å². The lowest BCUT2D eigenvalue weighted by Crippen LogP contribution is -2.46. The minimum atomic E-state index is -0.483. The molecule has 2 saturated heterocycles. The Bertz CT molecular complexity index is 1950. The standard InChI is InChI=1S/C24H25ClFN7O.C7H8FN.C5H12N2/c1-3-32-8-10-33(11-9-32)16-4-7-20(27-13-16)31-23-21(25)24(29-14-28-23)34-19-6-5-18-17(22(19)26)12-15(2)30-18;1-5-3-7(4-8)6(2)9-5;1-7-4-2-6-3-5-7/h4-7,12-14,30H,3,8-11H2,1-2H3,(H,27,28,29,31);3-4,9H,2H2,1H3;6H,2-5H2,1H3/b;7-4+;. The molecule has 14 heteroatoms. The Hall–Kier alpha value is -4.56. The third-order valence-corrected chi connectivity index (χ3v) is 8.85. The van der Waals surface area contributed by atoms with Crippen LogP contribution in [0.4, 0.5) is 26.1 Å². The van der Waals surface area contributed by atoms with Crippen LogP contribution in [0.25, 0.3) is 23.8 Å². The number of halogens is 3. The number of nitrogens with one attached hydrogen (secondary N) is 4. The van der Waals surface area contributed by atoms with E-state index in [0.717, 1.165) is 62.9 Å². The maximum atomic E-state index is 14.9. The van der Waals surface area contributed by atoms with E-state index in [1.54, 1.807) is 24.3 Å². The van der Waals surface area contributed by atoms with Crippen LogP contribution < -0.4 is 30.8 Å². The lowest BCUT2D eigenvalue weighted by molar-refractivity contribution is 0.271. The second-order valence-electron chi connectivity index (χ2n) is 12.2. The largest absolute Gasteiger partial charge is 0.434 e. The smallest absolute Gasteiger partial charge is 0.243 e. The molecule has 4 aromatic heterocycles. The molecule has 266 valence electrons. The lowest BCUT2D eigenvalue weighted by Gasteiger charge is -2.35. The van der Waals surface area contributed by atoms with Crippen molar-refractivity contribution in [1.29, 1.82) is 0 Å². The van der Waals surface area contributed by atoms with Gasteiger partial charge in [-0.3, -0.25) is 0 Å². The predicted octanol–water partition coefficient (Wildman–Crippen LogP) is 5.09. The Labute approximate surface area is 296 Å². The van der Waals surface area contributed by atoms with Gasteiger partial charge in [-0.25, -0.2) is 18.7 Å². The van der Waals surface area contributed by atoms with Gasteiger partial charge in [-0.15, -0.1) is 0 Å². The Kier molecular flexibility index (Phi) is 12.8. The molecule has 0 spiro atoms. The molecule has 0 amide bonds. The third-order valence-electron chi connectivity index (χ3n) is 8.51. The van der Waals surface area contributed by atoms with Crippen LogP contribution in [-0.2, 0) is 0 Å². The van der Waals surface area contributed by atoms with Crippen molar-refractivity contribution < 1.29 is 13.5 Å². The summed E-state index contributed by atoms with van der Waals surface area (Å²) < 4.78 is 32.4. The summed E-state index contributed by atoms with van der Waals surface area (Å²) in [4.78, 5) is 25.8. The van der Waals surface area contributed by atoms with E-state index in [4.69, 9.17) is 16.3 Å². The van der Waals surface area contributed by atoms with Crippen molar-refractivity contribution >= 4 is 52.7 Å². The van der Waals surface area contributed by atoms with Crippen LogP contribution in [0.2, 0.25) is 5.02 Å². The van der Waals surface area contributed by atoms with Gasteiger partial charge in [-0.2, -0.15) is 4.98 Å². The number of piperazine rings is 2. The molecule has 2 aliphatic heterocycles. The Morgan fingerprint density at radius 2 is 1.72 bits per heavy atom. The highest BCUT2D eigenvalue weighted by Crippen LogP contribution is 2.35. The molecule has 0 unspecified atom stereocenters. The molecule has 0 aliphatic carbocycles. The number of aryl methyl sites for hydroxylation is 2. The zero-order valence-electron chi connectivity index (χ0n) is 29.0. The van der Waals surface area contributed by atoms with Crippen molar-refractivity contribution in [2.75, 3.05) is 76.2 Å². The number of hydrogen-bond donors (Lipinski definition) is 4. The zero-order chi connectivity index (χ0) is 35.6. The number of aromatic amines is 2. The lowest BCUT2D eigenvalue weighted by atomic mass is 10.2. The summed E-state index contributed by atoms with van der Waals surface area (Å²) in [6.07, 6.45) is 3.69. The van der Waals surface area contributed by atoms with Crippen molar-refractivity contribution in [3.63, 3.8) is 0 Å². The summed E-state index contributed by atoms with van der Waals surface area (Å²) in [5.74, 6) is 0.502. The number of benzene rings is 1. The number of anilines is 3. The zero-order valence-corrected chi connectivity index (χ0v) is 29.7. The monoisotopic (exact) mass is 706 g/mol. The minimum Gasteiger partial charge on any atom is -0.434 e. The number of H-pyrrole nitrogens is 2. The van der Waals surface area contributed by atoms with Crippen LogP contribution in [0.1, 0.15) is 18.3 Å². The van der Waals surface area contributed by atoms with Crippen molar-refractivity contribution in [3.05, 3.63) is 81.7 Å². The number of hydrogen-bond acceptors (Lipinski definition) is 9. The van der Waals surface area contributed by atoms with Gasteiger partial charge in [-0.05, 0) is 63.8 Å². The quantitative estimate of drug-likeness (QED) is 0.192. The first-order valence-corrected chi connectivity index (χ1v) is 17.0. The van der Waals surface area contributed by atoms with Crippen LogP contribution in [-0.4, -0.2) is 101 Å². The van der Waals surface area contributed by atoms with Gasteiger partial charge in [0, 0.05) is 85.2 Å². The van der Waals surface area contributed by atoms with E-state index in [1.165, 1.54) is 19.4 Å². The van der Waals surface area contributed by atoms with E-state index in [0.29, 0.717) is 39.4 Å². The molecule has 5 aromatic rings. The summed E-state index contributed by atoms with van der Waals surface area (Å²) >= 11 is 6.48. The first-order chi connectivity index (χ1) is 24.1. The van der Waals surface area contributed by atoms with Crippen molar-refractivity contribution in [2.45, 2.75) is 20.8 Å². The van der Waals surface area contributed by atoms with Gasteiger partial charge in [0.25, 0.3) is 0 Å². The first-order valence-electron chi connectivity index (χ1n) is 16.7. The van der Waals surface area contributed by atoms with Crippen molar-refractivity contribution in [1.82, 2.24) is 40.0 Å². The molecular weight excluding hydrogens is 662 g/mol. The number of rotatable bonds is 6. The van der Waals surface area contributed by atoms with Gasteiger partial charge in [0.1, 0.15) is 17.2 Å². The van der Waals surface area contributed by atoms with Crippen LogP contribution >= 0.6 is 11.6 Å². The second-order valence-corrected chi connectivity index (χ2v) is 12.6. The highest BCUT2D eigenvalue weighted by molar-refractivity contribution is 6.34. The van der Waals surface area contributed by atoms with E-state index in [9.17, 15) is 8.78 Å². The molecule has 4 N–H and O–H groups in total. The summed E-state index contributed by atoms with van der Waals surface area (Å²) in [6, 6.07) is 10.6. The Morgan fingerprint density at radius 1 is 0.980 bits per heavy atom. The number of ether oxygens (including phenoxy) is 1. The summed E-state index contributed by atoms with van der Waals surface area (Å²) in [7, 11) is 2.15. The van der Waals surface area contributed by atoms with Gasteiger partial charge in [0.2, 0.25) is 5.88 Å². The molecule has 2 aliphatic rings. The summed E-state index contributed by atoms with van der Waals surface area (Å²) in [5, 5.41) is 8.11. The van der Waals surface area contributed by atoms with Gasteiger partial charge >= 0.3 is 0 Å². The average molecular weight is 707 g/mol. The predicted molar refractivity (Wildman–Crippen MR) is 198 cm³/mol. The van der Waals surface area contributed by atoms with Crippen LogP contribution in [0, 0.1) is 19.7 Å². The van der Waals surface area contributed by atoms with Crippen molar-refractivity contribution in [3.8, 4) is 11.6 Å². The van der Waals surface area contributed by atoms with E-state index in [2.05, 4.69) is 70.8 Å². The third kappa shape index (κ3) is 9.57. The van der Waals surface area contributed by atoms with E-state index >= 15 is 0 Å². The number of nitrogens with zero attached hydrogens (tertiary/aromatic N) is 6. The maximum Gasteiger partial charge on any atom is 0.243 e. The molecule has 7 rings (SSSR count). The van der Waals surface area contributed by atoms with E-state index in [-0.39, 0.29) is 16.7 Å². The fourth-order valence-corrected chi connectivity index (χ4v) is 5.80. The molecule has 50 heavy (non-hydrogen) atoms. The molecule has 0 saturated carbocycles. The molecule has 6 heterocycles. The SMILES string of the molecule is C=c1[nH]c(C)c/c1=C\F.CCN1CCN(c2ccc(Nc3ncnc(Oc4ccc5[nH]c(C)cc5c4F)c3Cl)nc2)CC1.CN1CCNCC1.